The standard InChI is InChI=1S/C16H30N2O2/c1-6-10-13-14(19)17-16(8-3,9-4)15(20)18(13)11-12(5)7-2/h12-13H,6-11H2,1-5H3,(H,17,19). The Morgan fingerprint density at radius 2 is 1.80 bits per heavy atom. The number of carbonyl (C=O) groups is 2. The minimum Gasteiger partial charge on any atom is -0.340 e. The van der Waals surface area contributed by atoms with Crippen LogP contribution < -0.4 is 5.32 Å². The summed E-state index contributed by atoms with van der Waals surface area (Å²) in [7, 11) is 0. The van der Waals surface area contributed by atoms with E-state index in [-0.39, 0.29) is 17.9 Å². The van der Waals surface area contributed by atoms with Gasteiger partial charge in [0.15, 0.2) is 0 Å². The molecule has 116 valence electrons. The van der Waals surface area contributed by atoms with Crippen LogP contribution in [0.25, 0.3) is 0 Å². The monoisotopic (exact) mass is 282 g/mol. The van der Waals surface area contributed by atoms with Crippen LogP contribution in [0.4, 0.5) is 0 Å². The van der Waals surface area contributed by atoms with Gasteiger partial charge in [-0.25, -0.2) is 0 Å². The van der Waals surface area contributed by atoms with Gasteiger partial charge >= 0.3 is 0 Å². The molecule has 1 fully saturated rings. The average molecular weight is 282 g/mol. The van der Waals surface area contributed by atoms with Crippen LogP contribution in [-0.2, 0) is 9.59 Å². The van der Waals surface area contributed by atoms with Crippen LogP contribution in [0.1, 0.15) is 66.7 Å². The van der Waals surface area contributed by atoms with Crippen molar-refractivity contribution in [3.8, 4) is 0 Å². The third-order valence-electron chi connectivity index (χ3n) is 4.69. The van der Waals surface area contributed by atoms with E-state index in [9.17, 15) is 9.59 Å². The van der Waals surface area contributed by atoms with E-state index in [0.717, 1.165) is 19.3 Å². The van der Waals surface area contributed by atoms with Gasteiger partial charge < -0.3 is 10.2 Å². The first-order valence-corrected chi connectivity index (χ1v) is 8.08. The lowest BCUT2D eigenvalue weighted by Gasteiger charge is -2.46. The van der Waals surface area contributed by atoms with Gasteiger partial charge in [0.05, 0.1) is 0 Å². The molecular formula is C16H30N2O2. The number of nitrogens with one attached hydrogen (secondary N) is 1. The number of carbonyl (C=O) groups excluding carboxylic acids is 2. The second-order valence-corrected chi connectivity index (χ2v) is 6.05. The van der Waals surface area contributed by atoms with Gasteiger partial charge in [-0.1, -0.05) is 47.5 Å². The third-order valence-corrected chi connectivity index (χ3v) is 4.69. The predicted molar refractivity (Wildman–Crippen MR) is 81.3 cm³/mol. The molecule has 1 N–H and O–H groups in total. The summed E-state index contributed by atoms with van der Waals surface area (Å²) in [4.78, 5) is 27.2. The van der Waals surface area contributed by atoms with Crippen LogP contribution in [0.5, 0.6) is 0 Å². The van der Waals surface area contributed by atoms with Crippen LogP contribution in [-0.4, -0.2) is 34.8 Å². The quantitative estimate of drug-likeness (QED) is 0.780. The van der Waals surface area contributed by atoms with Crippen molar-refractivity contribution in [2.24, 2.45) is 5.92 Å². The summed E-state index contributed by atoms with van der Waals surface area (Å²) in [5, 5.41) is 3.00. The molecule has 0 spiro atoms. The Morgan fingerprint density at radius 1 is 1.20 bits per heavy atom. The topological polar surface area (TPSA) is 49.4 Å². The molecule has 2 amide bonds. The van der Waals surface area contributed by atoms with E-state index in [0.29, 0.717) is 25.3 Å². The molecule has 2 unspecified atom stereocenters. The van der Waals surface area contributed by atoms with Gasteiger partial charge in [0.1, 0.15) is 11.6 Å². The van der Waals surface area contributed by atoms with Crippen molar-refractivity contribution >= 4 is 11.8 Å². The SMILES string of the molecule is CCCC1C(=O)NC(CC)(CC)C(=O)N1CC(C)CC. The summed E-state index contributed by atoms with van der Waals surface area (Å²) >= 11 is 0. The Kier molecular flexibility index (Phi) is 6.03. The molecule has 0 aliphatic carbocycles. The molecule has 4 nitrogen and oxygen atoms in total. The fraction of sp³-hybridized carbons (Fsp3) is 0.875. The highest BCUT2D eigenvalue weighted by atomic mass is 16.2. The van der Waals surface area contributed by atoms with Crippen molar-refractivity contribution in [2.75, 3.05) is 6.54 Å². The second-order valence-electron chi connectivity index (χ2n) is 6.05. The second kappa shape index (κ2) is 7.09. The number of piperazine rings is 1. The van der Waals surface area contributed by atoms with Gasteiger partial charge in [0.2, 0.25) is 11.8 Å². The van der Waals surface area contributed by atoms with E-state index >= 15 is 0 Å². The zero-order valence-electron chi connectivity index (χ0n) is 13.7. The molecule has 0 saturated carbocycles. The molecular weight excluding hydrogens is 252 g/mol. The number of hydrogen-bond donors (Lipinski definition) is 1. The fourth-order valence-corrected chi connectivity index (χ4v) is 2.90. The van der Waals surface area contributed by atoms with Gasteiger partial charge in [-0.15, -0.1) is 0 Å². The summed E-state index contributed by atoms with van der Waals surface area (Å²) in [6, 6.07) is -0.285. The molecule has 0 aromatic rings. The molecule has 1 saturated heterocycles. The summed E-state index contributed by atoms with van der Waals surface area (Å²) < 4.78 is 0. The summed E-state index contributed by atoms with van der Waals surface area (Å²) in [5.74, 6) is 0.565. The normalized spacial score (nSPS) is 23.6. The maximum Gasteiger partial charge on any atom is 0.248 e. The number of nitrogens with zero attached hydrogens (tertiary/aromatic N) is 1. The molecule has 2 atom stereocenters. The van der Waals surface area contributed by atoms with Crippen LogP contribution in [0.3, 0.4) is 0 Å². The van der Waals surface area contributed by atoms with E-state index in [4.69, 9.17) is 0 Å². The lowest BCUT2D eigenvalue weighted by molar-refractivity contribution is -0.156. The van der Waals surface area contributed by atoms with Crippen LogP contribution >= 0.6 is 0 Å². The van der Waals surface area contributed by atoms with Gasteiger partial charge in [-0.3, -0.25) is 9.59 Å². The van der Waals surface area contributed by atoms with Crippen molar-refractivity contribution < 1.29 is 9.59 Å². The minimum atomic E-state index is -0.686. The molecule has 1 aliphatic heterocycles. The first-order chi connectivity index (χ1) is 9.45. The van der Waals surface area contributed by atoms with Gasteiger partial charge in [0, 0.05) is 6.54 Å². The van der Waals surface area contributed by atoms with Crippen LogP contribution in [0.2, 0.25) is 0 Å². The van der Waals surface area contributed by atoms with Crippen molar-refractivity contribution in [1.29, 1.82) is 0 Å². The zero-order chi connectivity index (χ0) is 15.3. The van der Waals surface area contributed by atoms with E-state index < -0.39 is 5.54 Å². The zero-order valence-corrected chi connectivity index (χ0v) is 13.7. The molecule has 0 bridgehead atoms. The average Bonchev–Trinajstić information content (AvgIpc) is 2.46. The Balaban J connectivity index is 3.06. The number of hydrogen-bond acceptors (Lipinski definition) is 2. The lowest BCUT2D eigenvalue weighted by Crippen LogP contribution is -2.70. The Hall–Kier alpha value is -1.06. The highest BCUT2D eigenvalue weighted by Crippen LogP contribution is 2.27. The maximum atomic E-state index is 12.9. The van der Waals surface area contributed by atoms with E-state index in [1.807, 2.05) is 18.7 Å². The fourth-order valence-electron chi connectivity index (χ4n) is 2.90. The predicted octanol–water partition coefficient (Wildman–Crippen LogP) is 2.72. The molecule has 0 aromatic heterocycles. The number of rotatable bonds is 7. The van der Waals surface area contributed by atoms with Crippen LogP contribution in [0, 0.1) is 5.92 Å². The van der Waals surface area contributed by atoms with E-state index in [2.05, 4.69) is 26.1 Å². The highest BCUT2D eigenvalue weighted by molar-refractivity contribution is 5.99. The Morgan fingerprint density at radius 3 is 2.25 bits per heavy atom. The summed E-state index contributed by atoms with van der Waals surface area (Å²) in [5.41, 5.74) is -0.686. The van der Waals surface area contributed by atoms with E-state index in [1.54, 1.807) is 0 Å². The maximum absolute atomic E-state index is 12.9. The molecule has 0 radical (unpaired) electrons. The molecule has 0 aromatic carbocycles. The van der Waals surface area contributed by atoms with Crippen molar-refractivity contribution in [3.05, 3.63) is 0 Å². The van der Waals surface area contributed by atoms with Crippen molar-refractivity contribution in [3.63, 3.8) is 0 Å². The first kappa shape index (κ1) is 17.0. The highest BCUT2D eigenvalue weighted by Gasteiger charge is 2.48. The third kappa shape index (κ3) is 3.15. The minimum absolute atomic E-state index is 0.0263. The molecule has 1 aliphatic rings. The largest absolute Gasteiger partial charge is 0.340 e. The van der Waals surface area contributed by atoms with Gasteiger partial charge in [-0.2, -0.15) is 0 Å². The molecule has 1 heterocycles. The first-order valence-electron chi connectivity index (χ1n) is 8.08. The molecule has 20 heavy (non-hydrogen) atoms. The number of amides is 2. The van der Waals surface area contributed by atoms with Crippen molar-refractivity contribution in [2.45, 2.75) is 78.3 Å². The van der Waals surface area contributed by atoms with Crippen LogP contribution in [0.15, 0.2) is 0 Å². The molecule has 1 rings (SSSR count). The van der Waals surface area contributed by atoms with Gasteiger partial charge in [-0.05, 0) is 25.2 Å². The summed E-state index contributed by atoms with van der Waals surface area (Å²) in [6.45, 7) is 11.0. The molecule has 4 heteroatoms. The summed E-state index contributed by atoms with van der Waals surface area (Å²) in [6.07, 6.45) is 3.99. The smallest absolute Gasteiger partial charge is 0.248 e. The Bertz CT molecular complexity index is 350. The lowest BCUT2D eigenvalue weighted by atomic mass is 9.85. The van der Waals surface area contributed by atoms with Crippen molar-refractivity contribution in [1.82, 2.24) is 10.2 Å². The van der Waals surface area contributed by atoms with Gasteiger partial charge in [0.25, 0.3) is 0 Å². The van der Waals surface area contributed by atoms with E-state index in [1.165, 1.54) is 0 Å². The Labute approximate surface area is 123 Å².